The number of anilines is 2. The van der Waals surface area contributed by atoms with E-state index in [2.05, 4.69) is 37.3 Å². The topological polar surface area (TPSA) is 136 Å². The van der Waals surface area contributed by atoms with E-state index in [-0.39, 0.29) is 5.82 Å². The van der Waals surface area contributed by atoms with E-state index in [0.717, 1.165) is 10.2 Å². The van der Waals surface area contributed by atoms with E-state index < -0.39 is 5.91 Å². The number of rotatable bonds is 20. The Hall–Kier alpha value is -2.87. The van der Waals surface area contributed by atoms with Crippen molar-refractivity contribution in [2.24, 2.45) is 5.73 Å². The molecule has 1 amide bonds. The largest absolute Gasteiger partial charge is 0.490 e. The van der Waals surface area contributed by atoms with Crippen molar-refractivity contribution < 1.29 is 33.2 Å². The van der Waals surface area contributed by atoms with Crippen LogP contribution < -0.4 is 15.8 Å². The van der Waals surface area contributed by atoms with Crippen LogP contribution in [0.4, 0.5) is 11.5 Å². The molecule has 0 aliphatic heterocycles. The zero-order valence-corrected chi connectivity index (χ0v) is 23.5. The van der Waals surface area contributed by atoms with Gasteiger partial charge in [-0.3, -0.25) is 4.79 Å². The second-order valence-electron chi connectivity index (χ2n) is 7.99. The molecule has 3 aromatic rings. The minimum absolute atomic E-state index is 0.100. The van der Waals surface area contributed by atoms with Gasteiger partial charge in [0.15, 0.2) is 0 Å². The van der Waals surface area contributed by atoms with Crippen LogP contribution >= 0.6 is 15.9 Å². The number of ether oxygens (including phenoxy) is 6. The summed E-state index contributed by atoms with van der Waals surface area (Å²) in [4.78, 5) is 20.4. The van der Waals surface area contributed by atoms with Gasteiger partial charge in [-0.1, -0.05) is 22.0 Å². The average molecular weight is 606 g/mol. The molecule has 0 aliphatic carbocycles. The average Bonchev–Trinajstić information content (AvgIpc) is 2.92. The summed E-state index contributed by atoms with van der Waals surface area (Å²) in [5.41, 5.74) is 6.73. The Labute approximate surface area is 236 Å². The second kappa shape index (κ2) is 17.7. The third-order valence-corrected chi connectivity index (χ3v) is 5.58. The van der Waals surface area contributed by atoms with Gasteiger partial charge in [-0.05, 0) is 31.2 Å². The first kappa shape index (κ1) is 30.7. The van der Waals surface area contributed by atoms with E-state index in [9.17, 15) is 4.79 Å². The third kappa shape index (κ3) is 11.4. The number of nitrogens with zero attached hydrogens (tertiary/aromatic N) is 2. The Kier molecular flexibility index (Phi) is 13.9. The number of halogens is 1. The Morgan fingerprint density at radius 1 is 0.897 bits per heavy atom. The standard InChI is InChI=1S/C27H34BrN4O7/c1-2-34-8-9-35-10-11-36-12-13-37-14-15-38-16-17-39-22-6-7-23-24(19-22)31-27(25(29)33)32-26(23)30-21-5-3-4-20(28)18-21/h3-5,7,18-19H,2,8-17H2,1H3,(H2,29,33)(H,30,31,32). The molecule has 2 aromatic carbocycles. The Morgan fingerprint density at radius 2 is 1.51 bits per heavy atom. The van der Waals surface area contributed by atoms with Crippen LogP contribution in [-0.4, -0.2) is 88.6 Å². The SMILES string of the molecule is CCOCCOCCOCCOCCOCCOc1[c]cc2c(Nc3cccc(Br)c3)nc(C(N)=O)nc2c1. The number of aromatic nitrogens is 2. The number of carbonyl (C=O) groups excluding carboxylic acids is 1. The number of primary amides is 1. The van der Waals surface area contributed by atoms with Gasteiger partial charge in [0, 0.05) is 34.3 Å². The van der Waals surface area contributed by atoms with E-state index in [4.69, 9.17) is 34.2 Å². The molecule has 1 heterocycles. The fourth-order valence-corrected chi connectivity index (χ4v) is 3.67. The third-order valence-electron chi connectivity index (χ3n) is 5.09. The predicted octanol–water partition coefficient (Wildman–Crippen LogP) is 3.52. The Balaban J connectivity index is 1.35. The van der Waals surface area contributed by atoms with E-state index >= 15 is 0 Å². The van der Waals surface area contributed by atoms with Crippen LogP contribution in [0.15, 0.2) is 40.9 Å². The maximum atomic E-state index is 11.8. The van der Waals surface area contributed by atoms with Crippen LogP contribution in [-0.2, 0) is 23.7 Å². The molecule has 0 aliphatic rings. The van der Waals surface area contributed by atoms with Crippen LogP contribution in [0.1, 0.15) is 17.5 Å². The zero-order chi connectivity index (χ0) is 27.7. The van der Waals surface area contributed by atoms with Crippen molar-refractivity contribution in [3.8, 4) is 5.75 Å². The molecule has 11 nitrogen and oxygen atoms in total. The van der Waals surface area contributed by atoms with Crippen LogP contribution in [0.3, 0.4) is 0 Å². The number of benzene rings is 2. The quantitative estimate of drug-likeness (QED) is 0.184. The first-order chi connectivity index (χ1) is 19.1. The highest BCUT2D eigenvalue weighted by Crippen LogP contribution is 2.27. The summed E-state index contributed by atoms with van der Waals surface area (Å²) in [6.07, 6.45) is 0. The van der Waals surface area contributed by atoms with Crippen molar-refractivity contribution in [1.82, 2.24) is 9.97 Å². The second-order valence-corrected chi connectivity index (χ2v) is 8.90. The van der Waals surface area contributed by atoms with Gasteiger partial charge in [0.25, 0.3) is 5.91 Å². The van der Waals surface area contributed by atoms with Gasteiger partial charge < -0.3 is 39.5 Å². The van der Waals surface area contributed by atoms with Gasteiger partial charge in [0.05, 0.1) is 65.0 Å². The minimum Gasteiger partial charge on any atom is -0.490 e. The fourth-order valence-electron chi connectivity index (χ4n) is 3.27. The maximum absolute atomic E-state index is 11.8. The van der Waals surface area contributed by atoms with Gasteiger partial charge in [-0.15, -0.1) is 0 Å². The van der Waals surface area contributed by atoms with Gasteiger partial charge in [-0.25, -0.2) is 9.97 Å². The molecule has 39 heavy (non-hydrogen) atoms. The molecule has 3 N–H and O–H groups in total. The lowest BCUT2D eigenvalue weighted by Gasteiger charge is -2.12. The smallest absolute Gasteiger partial charge is 0.286 e. The van der Waals surface area contributed by atoms with Crippen molar-refractivity contribution in [2.75, 3.05) is 78.0 Å². The molecule has 12 heteroatoms. The van der Waals surface area contributed by atoms with Crippen molar-refractivity contribution in [3.63, 3.8) is 0 Å². The van der Waals surface area contributed by atoms with Gasteiger partial charge >= 0.3 is 0 Å². The number of fused-ring (bicyclic) bond motifs is 1. The van der Waals surface area contributed by atoms with Crippen molar-refractivity contribution in [3.05, 3.63) is 52.8 Å². The molecule has 1 aromatic heterocycles. The molecular weight excluding hydrogens is 572 g/mol. The summed E-state index contributed by atoms with van der Waals surface area (Å²) in [7, 11) is 0. The number of amides is 1. The number of carbonyl (C=O) groups is 1. The summed E-state index contributed by atoms with van der Waals surface area (Å²) >= 11 is 3.44. The van der Waals surface area contributed by atoms with Gasteiger partial charge in [-0.2, -0.15) is 0 Å². The monoisotopic (exact) mass is 605 g/mol. The lowest BCUT2D eigenvalue weighted by molar-refractivity contribution is -0.0119. The highest BCUT2D eigenvalue weighted by molar-refractivity contribution is 9.10. The highest BCUT2D eigenvalue weighted by Gasteiger charge is 2.13. The van der Waals surface area contributed by atoms with Crippen LogP contribution in [0, 0.1) is 6.07 Å². The van der Waals surface area contributed by atoms with E-state index in [1.807, 2.05) is 31.2 Å². The molecule has 0 saturated carbocycles. The van der Waals surface area contributed by atoms with E-state index in [1.54, 1.807) is 12.1 Å². The fraction of sp³-hybridized carbons (Fsp3) is 0.444. The van der Waals surface area contributed by atoms with Gasteiger partial charge in [0.1, 0.15) is 18.2 Å². The molecule has 1 radical (unpaired) electrons. The molecule has 0 spiro atoms. The van der Waals surface area contributed by atoms with Crippen LogP contribution in [0.25, 0.3) is 10.9 Å². The number of nitrogens with one attached hydrogen (secondary N) is 1. The minimum atomic E-state index is -0.728. The zero-order valence-electron chi connectivity index (χ0n) is 21.9. The normalized spacial score (nSPS) is 11.1. The lowest BCUT2D eigenvalue weighted by Crippen LogP contribution is -2.16. The molecule has 211 valence electrons. The molecule has 0 atom stereocenters. The van der Waals surface area contributed by atoms with Crippen molar-refractivity contribution in [2.45, 2.75) is 6.92 Å². The maximum Gasteiger partial charge on any atom is 0.286 e. The molecule has 0 unspecified atom stereocenters. The lowest BCUT2D eigenvalue weighted by atomic mass is 10.2. The first-order valence-electron chi connectivity index (χ1n) is 12.6. The van der Waals surface area contributed by atoms with Crippen LogP contribution in [0.5, 0.6) is 5.75 Å². The van der Waals surface area contributed by atoms with Gasteiger partial charge in [0.2, 0.25) is 5.82 Å². The number of hydrogen-bond donors (Lipinski definition) is 2. The Morgan fingerprint density at radius 3 is 2.10 bits per heavy atom. The van der Waals surface area contributed by atoms with E-state index in [1.165, 1.54) is 0 Å². The molecular formula is C27H34BrN4O7. The molecule has 0 bridgehead atoms. The summed E-state index contributed by atoms with van der Waals surface area (Å²) < 4.78 is 33.6. The van der Waals surface area contributed by atoms with Crippen molar-refractivity contribution in [1.29, 1.82) is 0 Å². The summed E-state index contributed by atoms with van der Waals surface area (Å²) in [5, 5.41) is 3.87. The molecule has 0 fully saturated rings. The summed E-state index contributed by atoms with van der Waals surface area (Å²) in [6, 6.07) is 14.0. The molecule has 0 saturated heterocycles. The number of hydrogen-bond acceptors (Lipinski definition) is 10. The van der Waals surface area contributed by atoms with E-state index in [0.29, 0.717) is 95.1 Å². The predicted molar refractivity (Wildman–Crippen MR) is 150 cm³/mol. The summed E-state index contributed by atoms with van der Waals surface area (Å²) in [6.45, 7) is 7.43. The number of nitrogens with two attached hydrogens (primary N) is 1. The summed E-state index contributed by atoms with van der Waals surface area (Å²) in [5.74, 6) is 0.0731. The highest BCUT2D eigenvalue weighted by atomic mass is 79.9. The Bertz CT molecular complexity index is 1170. The molecule has 3 rings (SSSR count). The van der Waals surface area contributed by atoms with Crippen LogP contribution in [0.2, 0.25) is 0 Å². The van der Waals surface area contributed by atoms with Crippen molar-refractivity contribution >= 4 is 44.2 Å². The first-order valence-corrected chi connectivity index (χ1v) is 13.4.